The fraction of sp³-hybridized carbons (Fsp3) is 0.647. The van der Waals surface area contributed by atoms with Gasteiger partial charge in [-0.3, -0.25) is 4.90 Å². The summed E-state index contributed by atoms with van der Waals surface area (Å²) in [6.45, 7) is 10.9. The SMILES string of the molecule is CCCCN(CC)C1CC(C)(C)Oc2cc(O)ccc21. The predicted molar refractivity (Wildman–Crippen MR) is 82.3 cm³/mol. The number of hydrogen-bond acceptors (Lipinski definition) is 3. The standard InChI is InChI=1S/C17H27NO2/c1-5-7-10-18(6-2)15-12-17(3,4)20-16-11-13(19)8-9-14(15)16/h8-9,11,15,19H,5-7,10,12H2,1-4H3. The highest BCUT2D eigenvalue weighted by atomic mass is 16.5. The Hall–Kier alpha value is -1.22. The van der Waals surface area contributed by atoms with E-state index in [1.54, 1.807) is 12.1 Å². The zero-order valence-corrected chi connectivity index (χ0v) is 13.1. The molecule has 0 bridgehead atoms. The zero-order chi connectivity index (χ0) is 14.8. The molecule has 1 aliphatic rings. The Morgan fingerprint density at radius 1 is 1.35 bits per heavy atom. The van der Waals surface area contributed by atoms with Gasteiger partial charge in [0, 0.05) is 24.1 Å². The summed E-state index contributed by atoms with van der Waals surface area (Å²) < 4.78 is 6.04. The number of ether oxygens (including phenoxy) is 1. The third kappa shape index (κ3) is 3.26. The number of unbranched alkanes of at least 4 members (excludes halogenated alkanes) is 1. The third-order valence-electron chi connectivity index (χ3n) is 4.07. The van der Waals surface area contributed by atoms with E-state index in [1.165, 1.54) is 18.4 Å². The predicted octanol–water partition coefficient (Wildman–Crippen LogP) is 4.12. The van der Waals surface area contributed by atoms with Gasteiger partial charge in [-0.1, -0.05) is 26.3 Å². The number of phenolic OH excluding ortho intramolecular Hbond substituents is 1. The van der Waals surface area contributed by atoms with Gasteiger partial charge >= 0.3 is 0 Å². The minimum absolute atomic E-state index is 0.189. The molecule has 0 aromatic heterocycles. The van der Waals surface area contributed by atoms with Crippen LogP contribution in [0.1, 0.15) is 58.6 Å². The molecule has 2 rings (SSSR count). The Morgan fingerprint density at radius 3 is 2.75 bits per heavy atom. The minimum Gasteiger partial charge on any atom is -0.508 e. The van der Waals surface area contributed by atoms with Gasteiger partial charge < -0.3 is 9.84 Å². The maximum Gasteiger partial charge on any atom is 0.128 e. The van der Waals surface area contributed by atoms with Crippen LogP contribution < -0.4 is 4.74 Å². The van der Waals surface area contributed by atoms with Crippen molar-refractivity contribution in [2.45, 2.75) is 58.6 Å². The van der Waals surface area contributed by atoms with Crippen LogP contribution in [0.4, 0.5) is 0 Å². The van der Waals surface area contributed by atoms with E-state index < -0.39 is 0 Å². The molecule has 0 saturated carbocycles. The van der Waals surface area contributed by atoms with Gasteiger partial charge in [0.05, 0.1) is 0 Å². The van der Waals surface area contributed by atoms with Crippen molar-refractivity contribution in [1.82, 2.24) is 4.90 Å². The first-order valence-electron chi connectivity index (χ1n) is 7.73. The Kier molecular flexibility index (Phi) is 4.59. The van der Waals surface area contributed by atoms with Gasteiger partial charge in [0.25, 0.3) is 0 Å². The van der Waals surface area contributed by atoms with Crippen molar-refractivity contribution in [1.29, 1.82) is 0 Å². The van der Waals surface area contributed by atoms with Crippen LogP contribution in [0, 0.1) is 0 Å². The molecule has 0 amide bonds. The van der Waals surface area contributed by atoms with E-state index in [2.05, 4.69) is 32.6 Å². The van der Waals surface area contributed by atoms with Gasteiger partial charge in [-0.15, -0.1) is 0 Å². The maximum atomic E-state index is 9.69. The monoisotopic (exact) mass is 277 g/mol. The van der Waals surface area contributed by atoms with E-state index >= 15 is 0 Å². The summed E-state index contributed by atoms with van der Waals surface area (Å²) >= 11 is 0. The summed E-state index contributed by atoms with van der Waals surface area (Å²) in [4.78, 5) is 2.53. The lowest BCUT2D eigenvalue weighted by Gasteiger charge is -2.42. The highest BCUT2D eigenvalue weighted by Gasteiger charge is 2.36. The van der Waals surface area contributed by atoms with Crippen LogP contribution in [-0.2, 0) is 0 Å². The van der Waals surface area contributed by atoms with E-state index in [0.29, 0.717) is 6.04 Å². The molecule has 1 atom stereocenters. The number of benzene rings is 1. The maximum absolute atomic E-state index is 9.69. The summed E-state index contributed by atoms with van der Waals surface area (Å²) in [7, 11) is 0. The number of hydrogen-bond donors (Lipinski definition) is 1. The fourth-order valence-corrected chi connectivity index (χ4v) is 3.02. The van der Waals surface area contributed by atoms with Crippen LogP contribution in [0.15, 0.2) is 18.2 Å². The van der Waals surface area contributed by atoms with Crippen LogP contribution in [-0.4, -0.2) is 28.7 Å². The zero-order valence-electron chi connectivity index (χ0n) is 13.1. The van der Waals surface area contributed by atoms with Gasteiger partial charge in [0.1, 0.15) is 17.1 Å². The summed E-state index contributed by atoms with van der Waals surface area (Å²) in [6.07, 6.45) is 3.42. The number of aromatic hydroxyl groups is 1. The topological polar surface area (TPSA) is 32.7 Å². The molecule has 112 valence electrons. The first kappa shape index (κ1) is 15.2. The van der Waals surface area contributed by atoms with Gasteiger partial charge in [-0.05, 0) is 39.4 Å². The van der Waals surface area contributed by atoms with Crippen molar-refractivity contribution in [2.24, 2.45) is 0 Å². The Morgan fingerprint density at radius 2 is 2.10 bits per heavy atom. The van der Waals surface area contributed by atoms with Gasteiger partial charge in [0.15, 0.2) is 0 Å². The molecule has 1 heterocycles. The average Bonchev–Trinajstić information content (AvgIpc) is 2.37. The van der Waals surface area contributed by atoms with Crippen molar-refractivity contribution in [3.63, 3.8) is 0 Å². The van der Waals surface area contributed by atoms with Crippen molar-refractivity contribution in [3.8, 4) is 11.5 Å². The lowest BCUT2D eigenvalue weighted by molar-refractivity contribution is 0.0306. The van der Waals surface area contributed by atoms with E-state index in [4.69, 9.17) is 4.74 Å². The molecule has 20 heavy (non-hydrogen) atoms. The molecule has 0 fully saturated rings. The Labute approximate surface area is 122 Å². The number of rotatable bonds is 5. The highest BCUT2D eigenvalue weighted by molar-refractivity contribution is 5.44. The fourth-order valence-electron chi connectivity index (χ4n) is 3.02. The molecule has 0 spiro atoms. The summed E-state index contributed by atoms with van der Waals surface area (Å²) in [5.74, 6) is 1.11. The molecule has 3 heteroatoms. The molecule has 1 aromatic rings. The molecule has 3 nitrogen and oxygen atoms in total. The molecule has 1 aromatic carbocycles. The van der Waals surface area contributed by atoms with Crippen LogP contribution in [0.3, 0.4) is 0 Å². The highest BCUT2D eigenvalue weighted by Crippen LogP contribution is 2.43. The Bertz CT molecular complexity index is 456. The summed E-state index contributed by atoms with van der Waals surface area (Å²) in [6, 6.07) is 5.91. The second-order valence-corrected chi connectivity index (χ2v) is 6.29. The van der Waals surface area contributed by atoms with Gasteiger partial charge in [-0.25, -0.2) is 0 Å². The number of nitrogens with zero attached hydrogens (tertiary/aromatic N) is 1. The van der Waals surface area contributed by atoms with Gasteiger partial charge in [-0.2, -0.15) is 0 Å². The minimum atomic E-state index is -0.189. The summed E-state index contributed by atoms with van der Waals surface area (Å²) in [5, 5.41) is 9.69. The molecule has 1 unspecified atom stereocenters. The number of phenols is 1. The van der Waals surface area contributed by atoms with Crippen molar-refractivity contribution < 1.29 is 9.84 Å². The first-order chi connectivity index (χ1) is 9.46. The second-order valence-electron chi connectivity index (χ2n) is 6.29. The molecule has 0 radical (unpaired) electrons. The van der Waals surface area contributed by atoms with Crippen LogP contribution >= 0.6 is 0 Å². The summed E-state index contributed by atoms with van der Waals surface area (Å²) in [5.41, 5.74) is 1.02. The molecule has 1 aliphatic heterocycles. The molecule has 1 N–H and O–H groups in total. The lowest BCUT2D eigenvalue weighted by Crippen LogP contribution is -2.41. The van der Waals surface area contributed by atoms with Crippen molar-refractivity contribution in [3.05, 3.63) is 23.8 Å². The molecule has 0 saturated heterocycles. The largest absolute Gasteiger partial charge is 0.508 e. The smallest absolute Gasteiger partial charge is 0.128 e. The quantitative estimate of drug-likeness (QED) is 0.879. The van der Waals surface area contributed by atoms with E-state index in [-0.39, 0.29) is 11.4 Å². The average molecular weight is 277 g/mol. The molecular weight excluding hydrogens is 250 g/mol. The van der Waals surface area contributed by atoms with Crippen LogP contribution in [0.2, 0.25) is 0 Å². The molecule has 0 aliphatic carbocycles. The van der Waals surface area contributed by atoms with E-state index in [1.807, 2.05) is 6.07 Å². The van der Waals surface area contributed by atoms with E-state index in [0.717, 1.165) is 25.3 Å². The van der Waals surface area contributed by atoms with Gasteiger partial charge in [0.2, 0.25) is 0 Å². The molecular formula is C17H27NO2. The van der Waals surface area contributed by atoms with E-state index in [9.17, 15) is 5.11 Å². The van der Waals surface area contributed by atoms with Crippen LogP contribution in [0.25, 0.3) is 0 Å². The normalized spacial score (nSPS) is 20.6. The number of fused-ring (bicyclic) bond motifs is 1. The Balaban J connectivity index is 2.32. The second kappa shape index (κ2) is 6.04. The van der Waals surface area contributed by atoms with Crippen molar-refractivity contribution in [2.75, 3.05) is 13.1 Å². The van der Waals surface area contributed by atoms with Crippen molar-refractivity contribution >= 4 is 0 Å². The lowest BCUT2D eigenvalue weighted by atomic mass is 9.88. The first-order valence-corrected chi connectivity index (χ1v) is 7.73. The van der Waals surface area contributed by atoms with Crippen LogP contribution in [0.5, 0.6) is 11.5 Å². The third-order valence-corrected chi connectivity index (χ3v) is 4.07.